The molecule has 10 heteroatoms. The van der Waals surface area contributed by atoms with E-state index in [4.69, 9.17) is 14.5 Å². The van der Waals surface area contributed by atoms with Crippen LogP contribution in [0.25, 0.3) is 5.57 Å². The molecule has 44 heavy (non-hydrogen) atoms. The van der Waals surface area contributed by atoms with Gasteiger partial charge in [0, 0.05) is 10.0 Å². The second-order valence-electron chi connectivity index (χ2n) is 10.8. The first-order valence-electron chi connectivity index (χ1n) is 14.3. The normalized spacial score (nSPS) is 17.0. The smallest absolute Gasteiger partial charge is 0.338 e. The Balaban J connectivity index is 1.57. The van der Waals surface area contributed by atoms with E-state index in [-0.39, 0.29) is 22.1 Å². The number of ether oxygens (including phenoxy) is 2. The zero-order valence-electron chi connectivity index (χ0n) is 24.7. The molecule has 0 aliphatic carbocycles. The van der Waals surface area contributed by atoms with Crippen LogP contribution in [-0.4, -0.2) is 29.2 Å². The number of carbonyl (C=O) groups excluding carboxylic acids is 2. The predicted octanol–water partition coefficient (Wildman–Crippen LogP) is 5.27. The van der Waals surface area contributed by atoms with Gasteiger partial charge in [-0.1, -0.05) is 69.7 Å². The molecule has 0 fully saturated rings. The van der Waals surface area contributed by atoms with Gasteiger partial charge in [0.25, 0.3) is 11.5 Å². The van der Waals surface area contributed by atoms with E-state index in [0.717, 1.165) is 27.1 Å². The Morgan fingerprint density at radius 2 is 1.77 bits per heavy atom. The van der Waals surface area contributed by atoms with Crippen molar-refractivity contribution in [2.45, 2.75) is 46.4 Å². The van der Waals surface area contributed by atoms with Gasteiger partial charge in [0.15, 0.2) is 4.80 Å². The summed E-state index contributed by atoms with van der Waals surface area (Å²) in [6, 6.07) is 21.9. The first kappa shape index (κ1) is 29.8. The van der Waals surface area contributed by atoms with Crippen LogP contribution in [0.1, 0.15) is 50.4 Å². The SMILES string of the molecule is CCOc1ccc([C@H]2C(C(=O)OC(C)C)=C(C)N=c3s/c(=C4/C(=O)N(Cc5ccccc5)c5ccc(Br)cc54)c(=O)n32)cc1. The lowest BCUT2D eigenvalue weighted by Crippen LogP contribution is -2.41. The molecule has 0 saturated carbocycles. The molecule has 2 aliphatic rings. The molecule has 0 N–H and O–H groups in total. The summed E-state index contributed by atoms with van der Waals surface area (Å²) in [5.41, 5.74) is 3.71. The third-order valence-electron chi connectivity index (χ3n) is 7.46. The molecular weight excluding hydrogens is 642 g/mol. The van der Waals surface area contributed by atoms with Crippen molar-refractivity contribution in [1.29, 1.82) is 0 Å². The number of hydrogen-bond acceptors (Lipinski definition) is 7. The molecule has 3 aromatic carbocycles. The number of anilines is 1. The number of hydrogen-bond donors (Lipinski definition) is 0. The van der Waals surface area contributed by atoms with Gasteiger partial charge in [0.2, 0.25) is 0 Å². The van der Waals surface area contributed by atoms with Crippen LogP contribution in [0.5, 0.6) is 5.75 Å². The average molecular weight is 673 g/mol. The molecule has 224 valence electrons. The molecule has 1 atom stereocenters. The van der Waals surface area contributed by atoms with E-state index in [9.17, 15) is 14.4 Å². The minimum atomic E-state index is -0.804. The van der Waals surface area contributed by atoms with E-state index in [1.165, 1.54) is 4.57 Å². The third-order valence-corrected chi connectivity index (χ3v) is 9.00. The number of nitrogens with zero attached hydrogens (tertiary/aromatic N) is 3. The van der Waals surface area contributed by atoms with E-state index in [1.807, 2.05) is 79.7 Å². The lowest BCUT2D eigenvalue weighted by Gasteiger charge is -2.25. The molecule has 0 radical (unpaired) electrons. The van der Waals surface area contributed by atoms with Gasteiger partial charge in [0.05, 0.1) is 47.8 Å². The topological polar surface area (TPSA) is 90.2 Å². The zero-order valence-corrected chi connectivity index (χ0v) is 27.1. The molecule has 6 rings (SSSR count). The standard InChI is InChI=1S/C34H30BrN3O5S/c1-5-42-24-14-11-22(12-15-24)29-27(33(41)43-19(2)3)20(4)36-34-38(29)32(40)30(44-34)28-25-17-23(35)13-16-26(25)37(31(28)39)18-21-9-7-6-8-10-21/h6-17,19,29H,5,18H2,1-4H3/b30-28+/t29-/m0/s1. The molecule has 2 aliphatic heterocycles. The van der Waals surface area contributed by atoms with Crippen LogP contribution in [0.2, 0.25) is 0 Å². The fourth-order valence-corrected chi connectivity index (χ4v) is 7.08. The molecule has 8 nitrogen and oxygen atoms in total. The Labute approximate surface area is 266 Å². The van der Waals surface area contributed by atoms with Gasteiger partial charge in [-0.05, 0) is 69.2 Å². The number of benzene rings is 3. The summed E-state index contributed by atoms with van der Waals surface area (Å²) >= 11 is 4.70. The van der Waals surface area contributed by atoms with Crippen molar-refractivity contribution in [3.05, 3.63) is 125 Å². The van der Waals surface area contributed by atoms with E-state index in [2.05, 4.69) is 15.9 Å². The number of esters is 1. The van der Waals surface area contributed by atoms with Crippen LogP contribution in [-0.2, 0) is 20.9 Å². The Bertz CT molecular complexity index is 1990. The van der Waals surface area contributed by atoms with Gasteiger partial charge in [-0.15, -0.1) is 0 Å². The lowest BCUT2D eigenvalue weighted by molar-refractivity contribution is -0.143. The summed E-state index contributed by atoms with van der Waals surface area (Å²) in [6.45, 7) is 8.07. The quantitative estimate of drug-likeness (QED) is 0.250. The van der Waals surface area contributed by atoms with Crippen LogP contribution < -0.4 is 24.5 Å². The molecule has 0 saturated heterocycles. The lowest BCUT2D eigenvalue weighted by atomic mass is 9.95. The summed E-state index contributed by atoms with van der Waals surface area (Å²) in [5.74, 6) is -0.131. The van der Waals surface area contributed by atoms with Crippen LogP contribution in [0.3, 0.4) is 0 Å². The first-order chi connectivity index (χ1) is 21.2. The summed E-state index contributed by atoms with van der Waals surface area (Å²) < 4.78 is 13.8. The van der Waals surface area contributed by atoms with Crippen molar-refractivity contribution < 1.29 is 19.1 Å². The number of carbonyl (C=O) groups is 2. The van der Waals surface area contributed by atoms with E-state index in [0.29, 0.717) is 46.1 Å². The van der Waals surface area contributed by atoms with Gasteiger partial charge >= 0.3 is 5.97 Å². The zero-order chi connectivity index (χ0) is 31.1. The molecule has 3 heterocycles. The van der Waals surface area contributed by atoms with Gasteiger partial charge < -0.3 is 14.4 Å². The van der Waals surface area contributed by atoms with Gasteiger partial charge in [-0.25, -0.2) is 9.79 Å². The van der Waals surface area contributed by atoms with Crippen LogP contribution in [0, 0.1) is 0 Å². The minimum absolute atomic E-state index is 0.264. The summed E-state index contributed by atoms with van der Waals surface area (Å²) in [4.78, 5) is 48.9. The maximum atomic E-state index is 14.5. The maximum Gasteiger partial charge on any atom is 0.338 e. The second kappa shape index (κ2) is 12.0. The average Bonchev–Trinajstić information content (AvgIpc) is 3.44. The van der Waals surface area contributed by atoms with Crippen molar-refractivity contribution in [3.8, 4) is 5.75 Å². The van der Waals surface area contributed by atoms with Crippen molar-refractivity contribution in [1.82, 2.24) is 4.57 Å². The third kappa shape index (κ3) is 5.33. The van der Waals surface area contributed by atoms with E-state index in [1.54, 1.807) is 25.7 Å². The monoisotopic (exact) mass is 671 g/mol. The van der Waals surface area contributed by atoms with E-state index >= 15 is 0 Å². The van der Waals surface area contributed by atoms with Crippen molar-refractivity contribution in [2.24, 2.45) is 4.99 Å². The Kier molecular flexibility index (Phi) is 8.13. The number of rotatable bonds is 7. The highest BCUT2D eigenvalue weighted by Gasteiger charge is 2.37. The Hall–Kier alpha value is -4.28. The maximum absolute atomic E-state index is 14.5. The highest BCUT2D eigenvalue weighted by molar-refractivity contribution is 9.10. The number of allylic oxidation sites excluding steroid dienone is 1. The summed E-state index contributed by atoms with van der Waals surface area (Å²) in [6.07, 6.45) is -0.364. The Morgan fingerprint density at radius 1 is 1.05 bits per heavy atom. The molecule has 1 aromatic heterocycles. The number of amides is 1. The molecule has 4 aromatic rings. The highest BCUT2D eigenvalue weighted by Crippen LogP contribution is 2.38. The highest BCUT2D eigenvalue weighted by atomic mass is 79.9. The fraction of sp³-hybridized carbons (Fsp3) is 0.235. The summed E-state index contributed by atoms with van der Waals surface area (Å²) in [7, 11) is 0. The fourth-order valence-electron chi connectivity index (χ4n) is 5.58. The predicted molar refractivity (Wildman–Crippen MR) is 173 cm³/mol. The summed E-state index contributed by atoms with van der Waals surface area (Å²) in [5, 5.41) is 0. The van der Waals surface area contributed by atoms with Crippen molar-refractivity contribution in [2.75, 3.05) is 11.5 Å². The number of halogens is 1. The van der Waals surface area contributed by atoms with Crippen LogP contribution in [0.15, 0.2) is 98.3 Å². The van der Waals surface area contributed by atoms with Crippen LogP contribution in [0.4, 0.5) is 5.69 Å². The molecular formula is C34H30BrN3O5S. The number of fused-ring (bicyclic) bond motifs is 2. The number of aromatic nitrogens is 1. The second-order valence-corrected chi connectivity index (χ2v) is 12.7. The molecule has 1 amide bonds. The van der Waals surface area contributed by atoms with Crippen LogP contribution >= 0.6 is 27.3 Å². The van der Waals surface area contributed by atoms with Gasteiger partial charge in [-0.2, -0.15) is 0 Å². The van der Waals surface area contributed by atoms with Crippen molar-refractivity contribution >= 4 is 50.4 Å². The van der Waals surface area contributed by atoms with E-state index < -0.39 is 17.6 Å². The molecule has 0 bridgehead atoms. The first-order valence-corrected chi connectivity index (χ1v) is 15.9. The van der Waals surface area contributed by atoms with Crippen molar-refractivity contribution in [3.63, 3.8) is 0 Å². The van der Waals surface area contributed by atoms with Gasteiger partial charge in [-0.3, -0.25) is 14.2 Å². The molecule has 0 unspecified atom stereocenters. The minimum Gasteiger partial charge on any atom is -0.494 e. The number of thiazole rings is 1. The van der Waals surface area contributed by atoms with Gasteiger partial charge in [0.1, 0.15) is 10.3 Å². The Morgan fingerprint density at radius 3 is 2.45 bits per heavy atom. The largest absolute Gasteiger partial charge is 0.494 e. The molecule has 0 spiro atoms.